The molecule has 2 aromatic heterocycles. The molecule has 0 radical (unpaired) electrons. The van der Waals surface area contributed by atoms with Crippen LogP contribution in [-0.2, 0) is 0 Å². The van der Waals surface area contributed by atoms with Crippen LogP contribution in [0.2, 0.25) is 0 Å². The smallest absolute Gasteiger partial charge is 0.256 e. The van der Waals surface area contributed by atoms with Crippen molar-refractivity contribution in [3.05, 3.63) is 71.7 Å². The maximum Gasteiger partial charge on any atom is 0.256 e. The second kappa shape index (κ2) is 8.08. The molecule has 6 nitrogen and oxygen atoms in total. The van der Waals surface area contributed by atoms with Crippen LogP contribution >= 0.6 is 0 Å². The normalized spacial score (nSPS) is 10.3. The van der Waals surface area contributed by atoms with Crippen molar-refractivity contribution >= 4 is 5.91 Å². The molecule has 0 spiro atoms. The Hall–Kier alpha value is -3.46. The number of rotatable bonds is 7. The number of nitrogens with zero attached hydrogens (tertiary/aromatic N) is 2. The molecule has 26 heavy (non-hydrogen) atoms. The molecule has 0 aliphatic rings. The molecular formula is C20H19N3O3. The molecule has 3 rings (SSSR count). The number of furan rings is 1. The van der Waals surface area contributed by atoms with E-state index in [0.717, 1.165) is 5.75 Å². The van der Waals surface area contributed by atoms with Crippen molar-refractivity contribution in [3.63, 3.8) is 0 Å². The Morgan fingerprint density at radius 2 is 1.96 bits per heavy atom. The van der Waals surface area contributed by atoms with Crippen molar-refractivity contribution in [1.82, 2.24) is 9.88 Å². The predicted octanol–water partition coefficient (Wildman–Crippen LogP) is 3.45. The Bertz CT molecular complexity index is 906. The average molecular weight is 349 g/mol. The van der Waals surface area contributed by atoms with Gasteiger partial charge in [0, 0.05) is 18.9 Å². The average Bonchev–Trinajstić information content (AvgIpc) is 3.29. The Morgan fingerprint density at radius 1 is 1.23 bits per heavy atom. The minimum Gasteiger partial charge on any atom is -0.494 e. The number of benzene rings is 1. The maximum absolute atomic E-state index is 12.5. The van der Waals surface area contributed by atoms with Crippen molar-refractivity contribution in [2.24, 2.45) is 0 Å². The summed E-state index contributed by atoms with van der Waals surface area (Å²) in [5.41, 5.74) is 0.511. The van der Waals surface area contributed by atoms with Crippen LogP contribution in [0.15, 0.2) is 59.3 Å². The van der Waals surface area contributed by atoms with Gasteiger partial charge in [-0.2, -0.15) is 5.26 Å². The van der Waals surface area contributed by atoms with E-state index in [1.807, 2.05) is 42.5 Å². The second-order valence-electron chi connectivity index (χ2n) is 5.69. The summed E-state index contributed by atoms with van der Waals surface area (Å²) in [6, 6.07) is 15.2. The van der Waals surface area contributed by atoms with E-state index < -0.39 is 0 Å². The number of carbonyl (C=O) groups is 1. The molecule has 0 aliphatic heterocycles. The zero-order chi connectivity index (χ0) is 18.4. The number of hydrogen-bond donors (Lipinski definition) is 1. The number of aromatic nitrogens is 1. The zero-order valence-corrected chi connectivity index (χ0v) is 14.4. The van der Waals surface area contributed by atoms with Crippen molar-refractivity contribution in [2.45, 2.75) is 13.3 Å². The van der Waals surface area contributed by atoms with Gasteiger partial charge in [-0.25, -0.2) is 0 Å². The highest BCUT2D eigenvalue weighted by atomic mass is 16.5. The summed E-state index contributed by atoms with van der Waals surface area (Å²) in [6.45, 7) is 2.62. The minimum atomic E-state index is -0.319. The minimum absolute atomic E-state index is 0.233. The predicted molar refractivity (Wildman–Crippen MR) is 96.4 cm³/mol. The van der Waals surface area contributed by atoms with Gasteiger partial charge in [0.1, 0.15) is 28.7 Å². The first kappa shape index (κ1) is 17.4. The molecule has 0 atom stereocenters. The van der Waals surface area contributed by atoms with Gasteiger partial charge in [-0.15, -0.1) is 0 Å². The van der Waals surface area contributed by atoms with Crippen LogP contribution < -0.4 is 10.1 Å². The van der Waals surface area contributed by atoms with E-state index in [0.29, 0.717) is 31.2 Å². The number of para-hydroxylation sites is 1. The van der Waals surface area contributed by atoms with E-state index in [-0.39, 0.29) is 17.0 Å². The third-order valence-electron chi connectivity index (χ3n) is 3.86. The topological polar surface area (TPSA) is 80.2 Å². The first-order valence-corrected chi connectivity index (χ1v) is 8.33. The third-order valence-corrected chi connectivity index (χ3v) is 3.86. The SMILES string of the molecule is Cc1oc(-n2cccc2)c(C#N)c1C(=O)NCCCOc1ccccc1. The molecule has 1 aromatic carbocycles. The molecule has 0 fully saturated rings. The van der Waals surface area contributed by atoms with Gasteiger partial charge in [0.15, 0.2) is 0 Å². The molecule has 6 heteroatoms. The van der Waals surface area contributed by atoms with Gasteiger partial charge in [0.05, 0.1) is 6.61 Å². The van der Waals surface area contributed by atoms with Gasteiger partial charge in [-0.05, 0) is 37.6 Å². The van der Waals surface area contributed by atoms with Crippen LogP contribution in [0.4, 0.5) is 0 Å². The Kier molecular flexibility index (Phi) is 5.40. The van der Waals surface area contributed by atoms with E-state index >= 15 is 0 Å². The Balaban J connectivity index is 1.59. The standard InChI is InChI=1S/C20H19N3O3/c1-15-18(17(14-21)20(26-15)23-11-5-6-12-23)19(24)22-10-7-13-25-16-8-3-2-4-9-16/h2-6,8-9,11-12H,7,10,13H2,1H3,(H,22,24). The van der Waals surface area contributed by atoms with Crippen LogP contribution in [0.3, 0.4) is 0 Å². The number of ether oxygens (including phenoxy) is 1. The highest BCUT2D eigenvalue weighted by molar-refractivity contribution is 5.98. The molecule has 3 aromatic rings. The zero-order valence-electron chi connectivity index (χ0n) is 14.4. The monoisotopic (exact) mass is 349 g/mol. The van der Waals surface area contributed by atoms with Crippen molar-refractivity contribution in [3.8, 4) is 17.7 Å². The molecule has 1 amide bonds. The Labute approximate surface area is 151 Å². The summed E-state index contributed by atoms with van der Waals surface area (Å²) in [5.74, 6) is 1.25. The van der Waals surface area contributed by atoms with Gasteiger partial charge in [-0.1, -0.05) is 18.2 Å². The summed E-state index contributed by atoms with van der Waals surface area (Å²) in [7, 11) is 0. The van der Waals surface area contributed by atoms with Crippen LogP contribution in [0.1, 0.15) is 28.1 Å². The molecule has 2 heterocycles. The highest BCUT2D eigenvalue weighted by Crippen LogP contribution is 2.25. The van der Waals surface area contributed by atoms with Crippen LogP contribution in [0.25, 0.3) is 5.88 Å². The molecule has 132 valence electrons. The lowest BCUT2D eigenvalue weighted by Gasteiger charge is -2.07. The van der Waals surface area contributed by atoms with E-state index in [9.17, 15) is 10.1 Å². The van der Waals surface area contributed by atoms with Crippen LogP contribution in [0.5, 0.6) is 5.75 Å². The van der Waals surface area contributed by atoms with E-state index in [1.54, 1.807) is 23.9 Å². The van der Waals surface area contributed by atoms with Crippen molar-refractivity contribution < 1.29 is 13.9 Å². The number of nitrogens with one attached hydrogen (secondary N) is 1. The van der Waals surface area contributed by atoms with Crippen LogP contribution in [-0.4, -0.2) is 23.6 Å². The van der Waals surface area contributed by atoms with Crippen molar-refractivity contribution in [2.75, 3.05) is 13.2 Å². The number of nitriles is 1. The number of aryl methyl sites for hydroxylation is 1. The Morgan fingerprint density at radius 3 is 2.65 bits per heavy atom. The molecule has 0 unspecified atom stereocenters. The van der Waals surface area contributed by atoms with Gasteiger partial charge < -0.3 is 14.5 Å². The quantitative estimate of drug-likeness (QED) is 0.663. The molecule has 0 saturated carbocycles. The second-order valence-corrected chi connectivity index (χ2v) is 5.69. The summed E-state index contributed by atoms with van der Waals surface area (Å²) < 4.78 is 12.9. The molecule has 0 bridgehead atoms. The summed E-state index contributed by atoms with van der Waals surface area (Å²) >= 11 is 0. The van der Waals surface area contributed by atoms with Gasteiger partial charge in [-0.3, -0.25) is 9.36 Å². The number of amides is 1. The number of carbonyl (C=O) groups excluding carboxylic acids is 1. The molecular weight excluding hydrogens is 330 g/mol. The van der Waals surface area contributed by atoms with E-state index in [2.05, 4.69) is 11.4 Å². The number of hydrogen-bond acceptors (Lipinski definition) is 4. The third kappa shape index (κ3) is 3.78. The lowest BCUT2D eigenvalue weighted by molar-refractivity contribution is 0.0950. The first-order chi connectivity index (χ1) is 12.7. The molecule has 0 aliphatic carbocycles. The van der Waals surface area contributed by atoms with Crippen molar-refractivity contribution in [1.29, 1.82) is 5.26 Å². The lowest BCUT2D eigenvalue weighted by atomic mass is 10.1. The lowest BCUT2D eigenvalue weighted by Crippen LogP contribution is -2.26. The fraction of sp³-hybridized carbons (Fsp3) is 0.200. The van der Waals surface area contributed by atoms with Gasteiger partial charge in [0.25, 0.3) is 5.91 Å². The highest BCUT2D eigenvalue weighted by Gasteiger charge is 2.24. The molecule has 1 N–H and O–H groups in total. The summed E-state index contributed by atoms with van der Waals surface area (Å²) in [5, 5.41) is 12.3. The van der Waals surface area contributed by atoms with E-state index in [1.165, 1.54) is 0 Å². The summed E-state index contributed by atoms with van der Waals surface area (Å²) in [4.78, 5) is 12.5. The molecule has 0 saturated heterocycles. The fourth-order valence-electron chi connectivity index (χ4n) is 2.63. The summed E-state index contributed by atoms with van der Waals surface area (Å²) in [6.07, 6.45) is 4.19. The van der Waals surface area contributed by atoms with Gasteiger partial charge in [0.2, 0.25) is 5.88 Å². The van der Waals surface area contributed by atoms with E-state index in [4.69, 9.17) is 9.15 Å². The van der Waals surface area contributed by atoms with Crippen LogP contribution in [0, 0.1) is 18.3 Å². The fourth-order valence-corrected chi connectivity index (χ4v) is 2.63. The first-order valence-electron chi connectivity index (χ1n) is 8.33. The van der Waals surface area contributed by atoms with Gasteiger partial charge >= 0.3 is 0 Å². The maximum atomic E-state index is 12.5. The largest absolute Gasteiger partial charge is 0.494 e.